The predicted octanol–water partition coefficient (Wildman–Crippen LogP) is 6.70. The number of rotatable bonds is 11. The summed E-state index contributed by atoms with van der Waals surface area (Å²) in [6.07, 6.45) is -39.2. The molecule has 2 rings (SSSR count). The number of anilines is 1. The minimum absolute atomic E-state index is 0.160. The Morgan fingerprint density at radius 1 is 0.766 bits per heavy atom. The van der Waals surface area contributed by atoms with Crippen LogP contribution in [0.4, 0.5) is 85.5 Å². The van der Waals surface area contributed by atoms with Gasteiger partial charge in [-0.15, -0.1) is 0 Å². The largest absolute Gasteiger partial charge is 0.462 e. The molecule has 2 unspecified atom stereocenters. The molecule has 0 radical (unpaired) electrons. The number of sulfone groups is 1. The van der Waals surface area contributed by atoms with E-state index in [0.29, 0.717) is 29.6 Å². The van der Waals surface area contributed by atoms with Gasteiger partial charge in [0.25, 0.3) is 5.69 Å². The highest BCUT2D eigenvalue weighted by molar-refractivity contribution is 7.93. The maximum Gasteiger partial charge on any atom is 0.462 e. The van der Waals surface area contributed by atoms with Crippen molar-refractivity contribution < 1.29 is 102 Å². The molecule has 0 spiro atoms. The highest BCUT2D eigenvalue weighted by Gasteiger charge is 2.85. The van der Waals surface area contributed by atoms with Crippen molar-refractivity contribution in [3.63, 3.8) is 0 Å². The van der Waals surface area contributed by atoms with E-state index >= 15 is 0 Å². The van der Waals surface area contributed by atoms with Gasteiger partial charge in [-0.2, -0.15) is 74.6 Å². The van der Waals surface area contributed by atoms with Gasteiger partial charge in [-0.25, -0.2) is 13.4 Å². The van der Waals surface area contributed by atoms with Crippen LogP contribution in [0.1, 0.15) is 0 Å². The molecule has 0 aliphatic rings. The second kappa shape index (κ2) is 11.8. The number of non-ortho nitro benzene ring substituents is 1. The molecule has 1 aromatic heterocycles. The molecule has 0 fully saturated rings. The Morgan fingerprint density at radius 3 is 1.66 bits per heavy atom. The summed E-state index contributed by atoms with van der Waals surface area (Å²) in [7, 11) is -4.85. The fourth-order valence-electron chi connectivity index (χ4n) is 2.65. The van der Waals surface area contributed by atoms with Crippen molar-refractivity contribution >= 4 is 37.9 Å². The van der Waals surface area contributed by atoms with Crippen LogP contribution < -0.4 is 5.32 Å². The monoisotopic (exact) mass is 763 g/mol. The standard InChI is InChI=1S/C18H6F17N3O7S2/c19-11(14(23,24)25,44-18(34,35)13(22,16(29,30)31)45-17(32,33)12(20,21)15(26,27)28)9(39)37-10-36-5-8(46-10)47(42,43)7-3-1-6(2-4-7)38(40)41/h1-5H,(H,36,37,39). The van der Waals surface area contributed by atoms with Gasteiger partial charge < -0.3 is 0 Å². The van der Waals surface area contributed by atoms with Gasteiger partial charge in [0.15, 0.2) is 5.13 Å². The van der Waals surface area contributed by atoms with Gasteiger partial charge >= 0.3 is 54.3 Å². The van der Waals surface area contributed by atoms with E-state index < -0.39 is 100 Å². The van der Waals surface area contributed by atoms with Crippen molar-refractivity contribution in [1.29, 1.82) is 0 Å². The molecule has 1 aromatic carbocycles. The molecule has 10 nitrogen and oxygen atoms in total. The lowest BCUT2D eigenvalue weighted by Crippen LogP contribution is -2.68. The molecule has 1 heterocycles. The molecule has 0 aliphatic carbocycles. The number of hydrogen-bond donors (Lipinski definition) is 1. The number of aromatic nitrogens is 1. The van der Waals surface area contributed by atoms with Gasteiger partial charge in [-0.1, -0.05) is 11.3 Å². The molecular formula is C18H6F17N3O7S2. The number of carbonyl (C=O) groups excluding carboxylic acids is 1. The topological polar surface area (TPSA) is 138 Å². The smallest absolute Gasteiger partial charge is 0.297 e. The van der Waals surface area contributed by atoms with Crippen molar-refractivity contribution in [3.8, 4) is 0 Å². The zero-order valence-corrected chi connectivity index (χ0v) is 22.5. The summed E-state index contributed by atoms with van der Waals surface area (Å²) < 4.78 is 253. The minimum Gasteiger partial charge on any atom is -0.297 e. The van der Waals surface area contributed by atoms with Crippen molar-refractivity contribution in [2.75, 3.05) is 5.32 Å². The Labute approximate surface area is 249 Å². The summed E-state index contributed by atoms with van der Waals surface area (Å²) >= 11 is -0.469. The Balaban J connectivity index is 2.52. The van der Waals surface area contributed by atoms with Crippen molar-refractivity contribution in [1.82, 2.24) is 4.98 Å². The quantitative estimate of drug-likeness (QED) is 0.152. The molecule has 266 valence electrons. The molecule has 0 bridgehead atoms. The lowest BCUT2D eigenvalue weighted by atomic mass is 10.2. The maximum atomic E-state index is 14.7. The first-order valence-electron chi connectivity index (χ1n) is 10.6. The highest BCUT2D eigenvalue weighted by atomic mass is 32.2. The molecule has 29 heteroatoms. The molecule has 0 saturated heterocycles. The molecule has 0 aliphatic heterocycles. The summed E-state index contributed by atoms with van der Waals surface area (Å²) in [5.41, 5.74) is -0.657. The zero-order valence-electron chi connectivity index (χ0n) is 20.9. The number of ether oxygens (including phenoxy) is 2. The van der Waals surface area contributed by atoms with Crippen LogP contribution in [0, 0.1) is 10.1 Å². The molecule has 2 aromatic rings. The molecular weight excluding hydrogens is 757 g/mol. The fraction of sp³-hybridized carbons (Fsp3) is 0.444. The normalized spacial score (nSPS) is 16.7. The first-order chi connectivity index (χ1) is 20.7. The van der Waals surface area contributed by atoms with E-state index in [2.05, 4.69) is 4.98 Å². The van der Waals surface area contributed by atoms with Crippen LogP contribution in [0.2, 0.25) is 0 Å². The molecule has 1 N–H and O–H groups in total. The second-order valence-corrected chi connectivity index (χ2v) is 11.4. The van der Waals surface area contributed by atoms with E-state index in [9.17, 15) is 98.0 Å². The predicted molar refractivity (Wildman–Crippen MR) is 112 cm³/mol. The zero-order chi connectivity index (χ0) is 37.0. The average Bonchev–Trinajstić information content (AvgIpc) is 3.35. The Bertz CT molecular complexity index is 1610. The molecule has 2 atom stereocenters. The van der Waals surface area contributed by atoms with E-state index in [1.807, 2.05) is 4.74 Å². The van der Waals surface area contributed by atoms with E-state index in [4.69, 9.17) is 0 Å². The number of hydrogen-bond acceptors (Lipinski definition) is 9. The molecule has 0 saturated carbocycles. The maximum absolute atomic E-state index is 14.7. The van der Waals surface area contributed by atoms with Crippen LogP contribution >= 0.6 is 11.3 Å². The van der Waals surface area contributed by atoms with Gasteiger partial charge in [0, 0.05) is 12.1 Å². The summed E-state index contributed by atoms with van der Waals surface area (Å²) in [6.45, 7) is 0. The van der Waals surface area contributed by atoms with Crippen LogP contribution in [-0.2, 0) is 24.1 Å². The van der Waals surface area contributed by atoms with Crippen molar-refractivity contribution in [2.24, 2.45) is 0 Å². The first-order valence-corrected chi connectivity index (χ1v) is 12.9. The minimum atomic E-state index is -8.21. The van der Waals surface area contributed by atoms with Gasteiger partial charge in [-0.3, -0.25) is 29.7 Å². The summed E-state index contributed by atoms with van der Waals surface area (Å²) in [5.74, 6) is -27.1. The number of nitrogens with one attached hydrogen (secondary N) is 1. The van der Waals surface area contributed by atoms with E-state index in [0.717, 1.165) is 0 Å². The number of benzene rings is 1. The lowest BCUT2D eigenvalue weighted by Gasteiger charge is -2.40. The van der Waals surface area contributed by atoms with E-state index in [1.165, 1.54) is 4.74 Å². The van der Waals surface area contributed by atoms with Gasteiger partial charge in [0.05, 0.1) is 16.0 Å². The highest BCUT2D eigenvalue weighted by Crippen LogP contribution is 2.56. The van der Waals surface area contributed by atoms with Crippen LogP contribution in [0.3, 0.4) is 0 Å². The number of alkyl halides is 17. The number of nitro groups is 1. The van der Waals surface area contributed by atoms with Crippen LogP contribution in [-0.4, -0.2) is 72.6 Å². The summed E-state index contributed by atoms with van der Waals surface area (Å²) in [5, 5.41) is 9.67. The number of carbonyl (C=O) groups is 1. The Kier molecular flexibility index (Phi) is 9.96. The summed E-state index contributed by atoms with van der Waals surface area (Å²) in [6, 6.07) is 2.45. The second-order valence-electron chi connectivity index (χ2n) is 8.19. The third-order valence-corrected chi connectivity index (χ3v) is 8.13. The van der Waals surface area contributed by atoms with Crippen molar-refractivity contribution in [2.45, 2.75) is 57.5 Å². The number of thiazole rings is 1. The first kappa shape index (κ1) is 39.6. The molecule has 47 heavy (non-hydrogen) atoms. The van der Waals surface area contributed by atoms with Crippen LogP contribution in [0.5, 0.6) is 0 Å². The van der Waals surface area contributed by atoms with Gasteiger partial charge in [0.2, 0.25) is 9.84 Å². The Morgan fingerprint density at radius 2 is 1.26 bits per heavy atom. The number of amides is 1. The van der Waals surface area contributed by atoms with E-state index in [-0.39, 0.29) is 6.20 Å². The van der Waals surface area contributed by atoms with Crippen LogP contribution in [0.15, 0.2) is 39.6 Å². The SMILES string of the molecule is O=C(Nc1ncc(S(=O)(=O)c2ccc([N+](=O)[O-])cc2)s1)C(F)(OC(F)(F)C(F)(OC(F)(F)C(F)(F)C(F)(F)F)C(F)(F)F)C(F)(F)F. The van der Waals surface area contributed by atoms with E-state index in [1.54, 1.807) is 0 Å². The average molecular weight is 763 g/mol. The Hall–Kier alpha value is -3.60. The number of halogens is 17. The molecule has 1 amide bonds. The third-order valence-electron chi connectivity index (χ3n) is 4.98. The van der Waals surface area contributed by atoms with Gasteiger partial charge in [-0.05, 0) is 12.1 Å². The van der Waals surface area contributed by atoms with Gasteiger partial charge in [0.1, 0.15) is 4.21 Å². The number of nitrogens with zero attached hydrogens (tertiary/aromatic N) is 2. The third kappa shape index (κ3) is 7.15. The lowest BCUT2D eigenvalue weighted by molar-refractivity contribution is -0.548. The fourth-order valence-corrected chi connectivity index (χ4v) is 5.07. The summed E-state index contributed by atoms with van der Waals surface area (Å²) in [4.78, 5) is 23.8. The number of nitro benzene ring substituents is 1. The van der Waals surface area contributed by atoms with Crippen molar-refractivity contribution in [3.05, 3.63) is 40.6 Å². The van der Waals surface area contributed by atoms with Crippen LogP contribution in [0.25, 0.3) is 0 Å².